The molecule has 2 heterocycles. The summed E-state index contributed by atoms with van der Waals surface area (Å²) in [5.41, 5.74) is 1.55. The molecule has 0 aliphatic carbocycles. The number of ether oxygens (including phenoxy) is 1. The zero-order valence-corrected chi connectivity index (χ0v) is 11.8. The number of carbonyl (C=O) groups excluding carboxylic acids is 1. The van der Waals surface area contributed by atoms with Gasteiger partial charge in [-0.05, 0) is 44.0 Å². The Kier molecular flexibility index (Phi) is 3.40. The zero-order chi connectivity index (χ0) is 14.3. The molecule has 2 N–H and O–H groups in total. The van der Waals surface area contributed by atoms with Gasteiger partial charge in [-0.2, -0.15) is 0 Å². The fraction of sp³-hybridized carbons (Fsp3) is 0.533. The quantitative estimate of drug-likeness (QED) is 0.852. The normalized spacial score (nSPS) is 27.1. The molecule has 20 heavy (non-hydrogen) atoms. The molecule has 1 saturated heterocycles. The van der Waals surface area contributed by atoms with Crippen LogP contribution in [0.25, 0.3) is 0 Å². The SMILES string of the molecule is CC1Oc2ccc(C(O)C3CCCN3)cc2N(C)C1=O. The van der Waals surface area contributed by atoms with E-state index in [-0.39, 0.29) is 11.9 Å². The Bertz CT molecular complexity index is 526. The van der Waals surface area contributed by atoms with Gasteiger partial charge in [0.15, 0.2) is 6.10 Å². The third-order valence-corrected chi connectivity index (χ3v) is 4.15. The summed E-state index contributed by atoms with van der Waals surface area (Å²) in [5, 5.41) is 13.7. The van der Waals surface area contributed by atoms with Crippen LogP contribution in [0.15, 0.2) is 18.2 Å². The number of nitrogens with one attached hydrogen (secondary N) is 1. The van der Waals surface area contributed by atoms with Gasteiger partial charge in [0.2, 0.25) is 0 Å². The van der Waals surface area contributed by atoms with Gasteiger partial charge in [-0.1, -0.05) is 6.07 Å². The van der Waals surface area contributed by atoms with Crippen molar-refractivity contribution >= 4 is 11.6 Å². The van der Waals surface area contributed by atoms with Crippen molar-refractivity contribution in [3.05, 3.63) is 23.8 Å². The molecule has 0 saturated carbocycles. The van der Waals surface area contributed by atoms with Crippen molar-refractivity contribution in [1.82, 2.24) is 5.32 Å². The summed E-state index contributed by atoms with van der Waals surface area (Å²) >= 11 is 0. The van der Waals surface area contributed by atoms with Gasteiger partial charge in [-0.15, -0.1) is 0 Å². The highest BCUT2D eigenvalue weighted by atomic mass is 16.5. The van der Waals surface area contributed by atoms with E-state index in [1.165, 1.54) is 0 Å². The van der Waals surface area contributed by atoms with Crippen LogP contribution in [-0.2, 0) is 4.79 Å². The maximum Gasteiger partial charge on any atom is 0.267 e. The second-order valence-electron chi connectivity index (χ2n) is 5.53. The van der Waals surface area contributed by atoms with E-state index in [4.69, 9.17) is 4.74 Å². The Labute approximate surface area is 118 Å². The number of hydrogen-bond acceptors (Lipinski definition) is 4. The van der Waals surface area contributed by atoms with Crippen molar-refractivity contribution in [1.29, 1.82) is 0 Å². The lowest BCUT2D eigenvalue weighted by Crippen LogP contribution is -2.42. The molecule has 0 aromatic heterocycles. The topological polar surface area (TPSA) is 61.8 Å². The molecule has 5 heteroatoms. The number of aliphatic hydroxyl groups is 1. The van der Waals surface area contributed by atoms with Crippen molar-refractivity contribution in [2.75, 3.05) is 18.5 Å². The molecule has 1 aromatic carbocycles. The number of amides is 1. The minimum atomic E-state index is -0.550. The highest BCUT2D eigenvalue weighted by Crippen LogP contribution is 2.36. The number of carbonyl (C=O) groups is 1. The van der Waals surface area contributed by atoms with E-state index in [0.29, 0.717) is 5.75 Å². The maximum absolute atomic E-state index is 12.0. The van der Waals surface area contributed by atoms with Crippen LogP contribution < -0.4 is 15.0 Å². The van der Waals surface area contributed by atoms with Gasteiger partial charge in [-0.3, -0.25) is 4.79 Å². The van der Waals surface area contributed by atoms with Crippen molar-refractivity contribution < 1.29 is 14.6 Å². The van der Waals surface area contributed by atoms with E-state index in [2.05, 4.69) is 5.32 Å². The first-order chi connectivity index (χ1) is 9.58. The smallest absolute Gasteiger partial charge is 0.267 e. The highest BCUT2D eigenvalue weighted by Gasteiger charge is 2.31. The van der Waals surface area contributed by atoms with E-state index in [9.17, 15) is 9.90 Å². The van der Waals surface area contributed by atoms with Crippen molar-refractivity contribution in [3.63, 3.8) is 0 Å². The van der Waals surface area contributed by atoms with Gasteiger partial charge in [0.25, 0.3) is 5.91 Å². The first-order valence-corrected chi connectivity index (χ1v) is 7.07. The summed E-state index contributed by atoms with van der Waals surface area (Å²) in [7, 11) is 1.74. The number of rotatable bonds is 2. The fourth-order valence-corrected chi connectivity index (χ4v) is 2.93. The van der Waals surface area contributed by atoms with Crippen molar-refractivity contribution in [2.24, 2.45) is 0 Å². The molecule has 2 aliphatic rings. The van der Waals surface area contributed by atoms with E-state index in [1.807, 2.05) is 18.2 Å². The molecule has 5 nitrogen and oxygen atoms in total. The largest absolute Gasteiger partial charge is 0.479 e. The third kappa shape index (κ3) is 2.17. The Morgan fingerprint density at radius 2 is 2.30 bits per heavy atom. The molecule has 3 unspecified atom stereocenters. The van der Waals surface area contributed by atoms with Crippen LogP contribution in [0.2, 0.25) is 0 Å². The predicted octanol–water partition coefficient (Wildman–Crippen LogP) is 1.22. The molecule has 1 aromatic rings. The Hall–Kier alpha value is -1.59. The Balaban J connectivity index is 1.90. The molecule has 1 amide bonds. The maximum atomic E-state index is 12.0. The lowest BCUT2D eigenvalue weighted by molar-refractivity contribution is -0.125. The summed E-state index contributed by atoms with van der Waals surface area (Å²) in [4.78, 5) is 13.6. The summed E-state index contributed by atoms with van der Waals surface area (Å²) in [6, 6.07) is 5.66. The van der Waals surface area contributed by atoms with Crippen LogP contribution in [0.3, 0.4) is 0 Å². The van der Waals surface area contributed by atoms with Crippen LogP contribution in [0.5, 0.6) is 5.75 Å². The fourth-order valence-electron chi connectivity index (χ4n) is 2.93. The van der Waals surface area contributed by atoms with Gasteiger partial charge in [0.1, 0.15) is 5.75 Å². The van der Waals surface area contributed by atoms with Crippen LogP contribution in [0, 0.1) is 0 Å². The molecule has 3 atom stereocenters. The number of aliphatic hydroxyl groups excluding tert-OH is 1. The number of benzene rings is 1. The van der Waals surface area contributed by atoms with E-state index in [0.717, 1.165) is 30.6 Å². The monoisotopic (exact) mass is 276 g/mol. The molecule has 2 aliphatic heterocycles. The Morgan fingerprint density at radius 3 is 3.00 bits per heavy atom. The lowest BCUT2D eigenvalue weighted by atomic mass is 9.99. The molecule has 108 valence electrons. The number of fused-ring (bicyclic) bond motifs is 1. The van der Waals surface area contributed by atoms with Gasteiger partial charge in [0, 0.05) is 13.1 Å². The molecule has 0 bridgehead atoms. The van der Waals surface area contributed by atoms with Crippen LogP contribution in [-0.4, -0.2) is 36.8 Å². The number of nitrogens with zero attached hydrogens (tertiary/aromatic N) is 1. The third-order valence-electron chi connectivity index (χ3n) is 4.15. The first-order valence-electron chi connectivity index (χ1n) is 7.07. The van der Waals surface area contributed by atoms with Gasteiger partial charge >= 0.3 is 0 Å². The molecule has 0 radical (unpaired) electrons. The van der Waals surface area contributed by atoms with E-state index < -0.39 is 12.2 Å². The first kappa shape index (κ1) is 13.4. The summed E-state index contributed by atoms with van der Waals surface area (Å²) < 4.78 is 5.59. The number of anilines is 1. The van der Waals surface area contributed by atoms with Crippen LogP contribution in [0.4, 0.5) is 5.69 Å². The van der Waals surface area contributed by atoms with Crippen LogP contribution >= 0.6 is 0 Å². The summed E-state index contributed by atoms with van der Waals surface area (Å²) in [6.07, 6.45) is 1.05. The standard InChI is InChI=1S/C15H20N2O3/c1-9-15(19)17(2)12-8-10(5-6-13(12)20-9)14(18)11-4-3-7-16-11/h5-6,8-9,11,14,16,18H,3-4,7H2,1-2H3. The number of hydrogen-bond donors (Lipinski definition) is 2. The molecular weight excluding hydrogens is 256 g/mol. The van der Waals surface area contributed by atoms with Crippen molar-refractivity contribution in [3.8, 4) is 5.75 Å². The molecule has 3 rings (SSSR count). The lowest BCUT2D eigenvalue weighted by Gasteiger charge is -2.31. The van der Waals surface area contributed by atoms with E-state index in [1.54, 1.807) is 18.9 Å². The average Bonchev–Trinajstić information content (AvgIpc) is 2.98. The highest BCUT2D eigenvalue weighted by molar-refractivity contribution is 5.99. The molecule has 0 spiro atoms. The number of likely N-dealkylation sites (N-methyl/N-ethyl adjacent to an activating group) is 1. The second-order valence-corrected chi connectivity index (χ2v) is 5.53. The van der Waals surface area contributed by atoms with Gasteiger partial charge < -0.3 is 20.1 Å². The Morgan fingerprint density at radius 1 is 1.50 bits per heavy atom. The predicted molar refractivity (Wildman–Crippen MR) is 75.9 cm³/mol. The van der Waals surface area contributed by atoms with Gasteiger partial charge in [-0.25, -0.2) is 0 Å². The van der Waals surface area contributed by atoms with E-state index >= 15 is 0 Å². The average molecular weight is 276 g/mol. The summed E-state index contributed by atoms with van der Waals surface area (Å²) in [6.45, 7) is 2.69. The minimum absolute atomic E-state index is 0.0665. The minimum Gasteiger partial charge on any atom is -0.479 e. The second kappa shape index (κ2) is 5.07. The van der Waals surface area contributed by atoms with Gasteiger partial charge in [0.05, 0.1) is 11.8 Å². The zero-order valence-electron chi connectivity index (χ0n) is 11.8. The molecule has 1 fully saturated rings. The van der Waals surface area contributed by atoms with Crippen molar-refractivity contribution in [2.45, 2.75) is 38.0 Å². The van der Waals surface area contributed by atoms with Crippen LogP contribution in [0.1, 0.15) is 31.4 Å². The summed E-state index contributed by atoms with van der Waals surface area (Å²) in [5.74, 6) is 0.623. The molecular formula is C15H20N2O3.